The van der Waals surface area contributed by atoms with Gasteiger partial charge in [-0.15, -0.1) is 0 Å². The number of hydrogen-bond donors (Lipinski definition) is 1. The van der Waals surface area contributed by atoms with Gasteiger partial charge in [-0.25, -0.2) is 8.78 Å². The van der Waals surface area contributed by atoms with Gasteiger partial charge in [-0.1, -0.05) is 6.07 Å². The lowest BCUT2D eigenvalue weighted by molar-refractivity contribution is -0.137. The summed E-state index contributed by atoms with van der Waals surface area (Å²) in [5, 5.41) is 8.48. The van der Waals surface area contributed by atoms with E-state index in [1.54, 1.807) is 0 Å². The van der Waals surface area contributed by atoms with E-state index in [9.17, 15) is 18.4 Å². The molecular weight excluding hydrogens is 230 g/mol. The van der Waals surface area contributed by atoms with Gasteiger partial charge in [-0.2, -0.15) is 0 Å². The van der Waals surface area contributed by atoms with E-state index in [0.29, 0.717) is 11.8 Å². The van der Waals surface area contributed by atoms with Gasteiger partial charge in [0.2, 0.25) is 0 Å². The average Bonchev–Trinajstić information content (AvgIpc) is 2.28. The molecule has 0 aliphatic heterocycles. The van der Waals surface area contributed by atoms with E-state index in [0.717, 1.165) is 12.1 Å². The number of aldehydes is 1. The first-order valence-corrected chi connectivity index (χ1v) is 5.14. The standard InChI is InChI=1S/C12H12F2O3/c13-10-3-1-8(6-11(10)14)5-9(7-15)2-4-12(16)17/h1,3,6-7,9H,2,4-5H2,(H,16,17). The van der Waals surface area contributed by atoms with Crippen molar-refractivity contribution < 1.29 is 23.5 Å². The van der Waals surface area contributed by atoms with Crippen LogP contribution in [0.1, 0.15) is 18.4 Å². The highest BCUT2D eigenvalue weighted by Crippen LogP contribution is 2.15. The van der Waals surface area contributed by atoms with Gasteiger partial charge < -0.3 is 9.90 Å². The first-order chi connectivity index (χ1) is 8.02. The normalized spacial score (nSPS) is 12.1. The number of hydrogen-bond acceptors (Lipinski definition) is 2. The minimum atomic E-state index is -0.984. The summed E-state index contributed by atoms with van der Waals surface area (Å²) in [6.07, 6.45) is 0.934. The molecule has 5 heteroatoms. The van der Waals surface area contributed by atoms with Crippen LogP contribution in [0.2, 0.25) is 0 Å². The largest absolute Gasteiger partial charge is 0.481 e. The van der Waals surface area contributed by atoms with E-state index in [1.165, 1.54) is 6.07 Å². The zero-order valence-electron chi connectivity index (χ0n) is 9.03. The summed E-state index contributed by atoms with van der Waals surface area (Å²) in [6, 6.07) is 3.39. The van der Waals surface area contributed by atoms with Crippen molar-refractivity contribution in [1.82, 2.24) is 0 Å². The molecule has 0 fully saturated rings. The maximum Gasteiger partial charge on any atom is 0.303 e. The molecule has 0 radical (unpaired) electrons. The van der Waals surface area contributed by atoms with Crippen molar-refractivity contribution >= 4 is 12.3 Å². The second-order valence-corrected chi connectivity index (χ2v) is 3.78. The van der Waals surface area contributed by atoms with Crippen LogP contribution in [0.15, 0.2) is 18.2 Å². The van der Waals surface area contributed by atoms with E-state index in [4.69, 9.17) is 5.11 Å². The summed E-state index contributed by atoms with van der Waals surface area (Å²) < 4.78 is 25.5. The molecule has 92 valence electrons. The first-order valence-electron chi connectivity index (χ1n) is 5.14. The second-order valence-electron chi connectivity index (χ2n) is 3.78. The van der Waals surface area contributed by atoms with Crippen LogP contribution < -0.4 is 0 Å². The van der Waals surface area contributed by atoms with Crippen LogP contribution in [0.25, 0.3) is 0 Å². The van der Waals surface area contributed by atoms with Crippen molar-refractivity contribution in [2.75, 3.05) is 0 Å². The summed E-state index contributed by atoms with van der Waals surface area (Å²) in [5.41, 5.74) is 0.478. The molecule has 1 rings (SSSR count). The monoisotopic (exact) mass is 242 g/mol. The molecule has 1 atom stereocenters. The molecular formula is C12H12F2O3. The van der Waals surface area contributed by atoms with Gasteiger partial charge in [-0.3, -0.25) is 4.79 Å². The summed E-state index contributed by atoms with van der Waals surface area (Å²) in [6.45, 7) is 0. The Labute approximate surface area is 97.1 Å². The number of carboxylic acids is 1. The maximum atomic E-state index is 12.9. The van der Waals surface area contributed by atoms with Gasteiger partial charge >= 0.3 is 5.97 Å². The van der Waals surface area contributed by atoms with E-state index in [1.807, 2.05) is 0 Å². The van der Waals surface area contributed by atoms with Crippen LogP contribution in [0.5, 0.6) is 0 Å². The van der Waals surface area contributed by atoms with Crippen molar-refractivity contribution in [3.8, 4) is 0 Å². The summed E-state index contributed by atoms with van der Waals surface area (Å²) >= 11 is 0. The predicted octanol–water partition coefficient (Wildman–Crippen LogP) is 2.19. The number of carbonyl (C=O) groups is 2. The molecule has 1 unspecified atom stereocenters. The predicted molar refractivity (Wildman–Crippen MR) is 56.5 cm³/mol. The third-order valence-electron chi connectivity index (χ3n) is 2.40. The van der Waals surface area contributed by atoms with Gasteiger partial charge in [0.1, 0.15) is 6.29 Å². The zero-order valence-corrected chi connectivity index (χ0v) is 9.03. The fourth-order valence-electron chi connectivity index (χ4n) is 1.50. The molecule has 3 nitrogen and oxygen atoms in total. The Balaban J connectivity index is 2.63. The lowest BCUT2D eigenvalue weighted by Crippen LogP contribution is -2.09. The number of halogens is 2. The Morgan fingerprint density at radius 2 is 2.06 bits per heavy atom. The average molecular weight is 242 g/mol. The van der Waals surface area contributed by atoms with Crippen molar-refractivity contribution in [3.63, 3.8) is 0 Å². The van der Waals surface area contributed by atoms with Crippen LogP contribution in [0.3, 0.4) is 0 Å². The van der Waals surface area contributed by atoms with E-state index >= 15 is 0 Å². The van der Waals surface area contributed by atoms with E-state index in [-0.39, 0.29) is 19.3 Å². The van der Waals surface area contributed by atoms with Gasteiger partial charge in [0.15, 0.2) is 11.6 Å². The summed E-state index contributed by atoms with van der Waals surface area (Å²) in [5.74, 6) is -3.38. The Morgan fingerprint density at radius 3 is 2.59 bits per heavy atom. The lowest BCUT2D eigenvalue weighted by Gasteiger charge is -2.08. The maximum absolute atomic E-state index is 12.9. The van der Waals surface area contributed by atoms with Crippen LogP contribution in [0, 0.1) is 17.6 Å². The van der Waals surface area contributed by atoms with Crippen LogP contribution in [-0.2, 0) is 16.0 Å². The lowest BCUT2D eigenvalue weighted by atomic mass is 9.96. The zero-order chi connectivity index (χ0) is 12.8. The van der Waals surface area contributed by atoms with Crippen molar-refractivity contribution in [3.05, 3.63) is 35.4 Å². The molecule has 1 N–H and O–H groups in total. The number of aliphatic carboxylic acids is 1. The summed E-state index contributed by atoms with van der Waals surface area (Å²) in [4.78, 5) is 21.1. The minimum Gasteiger partial charge on any atom is -0.481 e. The number of rotatable bonds is 6. The molecule has 0 aliphatic carbocycles. The SMILES string of the molecule is O=CC(CCC(=O)O)Cc1ccc(F)c(F)c1. The van der Waals surface area contributed by atoms with Crippen molar-refractivity contribution in [1.29, 1.82) is 0 Å². The van der Waals surface area contributed by atoms with Crippen LogP contribution >= 0.6 is 0 Å². The first kappa shape index (κ1) is 13.3. The van der Waals surface area contributed by atoms with Crippen LogP contribution in [0.4, 0.5) is 8.78 Å². The quantitative estimate of drug-likeness (QED) is 0.778. The molecule has 1 aromatic carbocycles. The van der Waals surface area contributed by atoms with E-state index in [2.05, 4.69) is 0 Å². The molecule has 0 aliphatic rings. The van der Waals surface area contributed by atoms with Crippen molar-refractivity contribution in [2.24, 2.45) is 5.92 Å². The van der Waals surface area contributed by atoms with Gasteiger partial charge in [0.25, 0.3) is 0 Å². The Hall–Kier alpha value is -1.78. The number of benzene rings is 1. The Morgan fingerprint density at radius 1 is 1.35 bits per heavy atom. The Bertz CT molecular complexity index is 418. The molecule has 0 bridgehead atoms. The minimum absolute atomic E-state index is 0.118. The summed E-state index contributed by atoms with van der Waals surface area (Å²) in [7, 11) is 0. The number of carboxylic acid groups (broad SMARTS) is 1. The van der Waals surface area contributed by atoms with E-state index < -0.39 is 23.5 Å². The third-order valence-corrected chi connectivity index (χ3v) is 2.40. The fourth-order valence-corrected chi connectivity index (χ4v) is 1.50. The van der Waals surface area contributed by atoms with Gasteiger partial charge in [0, 0.05) is 12.3 Å². The highest BCUT2D eigenvalue weighted by atomic mass is 19.2. The third kappa shape index (κ3) is 4.30. The molecule has 0 spiro atoms. The van der Waals surface area contributed by atoms with Gasteiger partial charge in [-0.05, 0) is 30.5 Å². The topological polar surface area (TPSA) is 54.4 Å². The highest BCUT2D eigenvalue weighted by molar-refractivity contribution is 5.67. The fraction of sp³-hybridized carbons (Fsp3) is 0.333. The van der Waals surface area contributed by atoms with Crippen molar-refractivity contribution in [2.45, 2.75) is 19.3 Å². The molecule has 0 aromatic heterocycles. The molecule has 1 aromatic rings. The molecule has 0 amide bonds. The molecule has 0 saturated carbocycles. The second kappa shape index (κ2) is 6.08. The molecule has 0 heterocycles. The smallest absolute Gasteiger partial charge is 0.303 e. The number of carbonyl (C=O) groups excluding carboxylic acids is 1. The van der Waals surface area contributed by atoms with Crippen LogP contribution in [-0.4, -0.2) is 17.4 Å². The molecule has 0 saturated heterocycles. The van der Waals surface area contributed by atoms with Gasteiger partial charge in [0.05, 0.1) is 0 Å². The highest BCUT2D eigenvalue weighted by Gasteiger charge is 2.12. The Kier molecular flexibility index (Phi) is 4.75. The molecule has 17 heavy (non-hydrogen) atoms.